The Bertz CT molecular complexity index is 385. The van der Waals surface area contributed by atoms with Crippen molar-refractivity contribution in [2.45, 2.75) is 52.0 Å². The second-order valence-corrected chi connectivity index (χ2v) is 6.58. The maximum atomic E-state index is 3.73. The lowest BCUT2D eigenvalue weighted by molar-refractivity contribution is 0.468. The minimum absolute atomic E-state index is 0.553. The van der Waals surface area contributed by atoms with Crippen LogP contribution in [0.4, 0.5) is 0 Å². The van der Waals surface area contributed by atoms with Crippen molar-refractivity contribution >= 4 is 22.6 Å². The molecule has 2 rings (SSSR count). The number of nitrogens with one attached hydrogen (secondary N) is 1. The van der Waals surface area contributed by atoms with Gasteiger partial charge < -0.3 is 5.32 Å². The van der Waals surface area contributed by atoms with Gasteiger partial charge in [0.05, 0.1) is 0 Å². The van der Waals surface area contributed by atoms with Crippen LogP contribution in [0.1, 0.15) is 56.2 Å². The van der Waals surface area contributed by atoms with Crippen molar-refractivity contribution in [2.75, 3.05) is 6.54 Å². The summed E-state index contributed by atoms with van der Waals surface area (Å²) in [4.78, 5) is 0. The lowest BCUT2D eigenvalue weighted by Gasteiger charge is -2.21. The summed E-state index contributed by atoms with van der Waals surface area (Å²) < 4.78 is 1.44. The fourth-order valence-corrected chi connectivity index (χ4v) is 3.17. The maximum absolute atomic E-state index is 3.73. The molecule has 0 aliphatic heterocycles. The van der Waals surface area contributed by atoms with E-state index < -0.39 is 0 Å². The van der Waals surface area contributed by atoms with Crippen LogP contribution in [0, 0.1) is 16.4 Å². The van der Waals surface area contributed by atoms with Crippen LogP contribution in [-0.2, 0) is 0 Å². The number of hydrogen-bond acceptors (Lipinski definition) is 1. The first kappa shape index (κ1) is 14.3. The van der Waals surface area contributed by atoms with Gasteiger partial charge in [-0.25, -0.2) is 0 Å². The highest BCUT2D eigenvalue weighted by Crippen LogP contribution is 2.36. The monoisotopic (exact) mass is 357 g/mol. The molecule has 1 aromatic rings. The molecule has 0 spiro atoms. The third-order valence-corrected chi connectivity index (χ3v) is 5.27. The highest BCUT2D eigenvalue weighted by atomic mass is 127. The van der Waals surface area contributed by atoms with Crippen molar-refractivity contribution in [1.29, 1.82) is 0 Å². The van der Waals surface area contributed by atoms with E-state index in [1.165, 1.54) is 46.8 Å². The van der Waals surface area contributed by atoms with E-state index in [0.29, 0.717) is 6.04 Å². The molecule has 1 aliphatic carbocycles. The SMILES string of the molecule is CCCNC(CCC1CC1)c1cccc(C)c1I. The molecule has 0 amide bonds. The highest BCUT2D eigenvalue weighted by molar-refractivity contribution is 14.1. The number of rotatable bonds is 7. The zero-order valence-corrected chi connectivity index (χ0v) is 13.7. The van der Waals surface area contributed by atoms with E-state index in [-0.39, 0.29) is 0 Å². The van der Waals surface area contributed by atoms with Crippen LogP contribution in [0.5, 0.6) is 0 Å². The molecule has 0 bridgehead atoms. The molecule has 1 atom stereocenters. The molecule has 1 saturated carbocycles. The standard InChI is InChI=1S/C16H24IN/c1-3-11-18-15(10-9-13-7-8-13)14-6-4-5-12(2)16(14)17/h4-6,13,15,18H,3,7-11H2,1-2H3. The quantitative estimate of drug-likeness (QED) is 0.689. The van der Waals surface area contributed by atoms with Gasteiger partial charge in [-0.15, -0.1) is 0 Å². The molecule has 1 aliphatic rings. The van der Waals surface area contributed by atoms with E-state index in [0.717, 1.165) is 12.5 Å². The predicted octanol–water partition coefficient (Wildman–Crippen LogP) is 4.83. The second kappa shape index (κ2) is 6.90. The fraction of sp³-hybridized carbons (Fsp3) is 0.625. The summed E-state index contributed by atoms with van der Waals surface area (Å²) >= 11 is 2.50. The van der Waals surface area contributed by atoms with E-state index in [1.807, 2.05) is 0 Å². The summed E-state index contributed by atoms with van der Waals surface area (Å²) in [7, 11) is 0. The minimum Gasteiger partial charge on any atom is -0.310 e. The lowest BCUT2D eigenvalue weighted by Crippen LogP contribution is -2.23. The van der Waals surface area contributed by atoms with Crippen LogP contribution < -0.4 is 5.32 Å². The van der Waals surface area contributed by atoms with Crippen LogP contribution in [-0.4, -0.2) is 6.54 Å². The van der Waals surface area contributed by atoms with Crippen LogP contribution >= 0.6 is 22.6 Å². The third-order valence-electron chi connectivity index (χ3n) is 3.80. The van der Waals surface area contributed by atoms with Crippen molar-refractivity contribution in [2.24, 2.45) is 5.92 Å². The Hall–Kier alpha value is -0.0900. The molecule has 100 valence electrons. The predicted molar refractivity (Wildman–Crippen MR) is 86.9 cm³/mol. The van der Waals surface area contributed by atoms with Crippen LogP contribution in [0.2, 0.25) is 0 Å². The molecular formula is C16H24IN. The van der Waals surface area contributed by atoms with E-state index >= 15 is 0 Å². The lowest BCUT2D eigenvalue weighted by atomic mass is 9.99. The third kappa shape index (κ3) is 3.95. The van der Waals surface area contributed by atoms with Crippen molar-refractivity contribution in [3.63, 3.8) is 0 Å². The van der Waals surface area contributed by atoms with Gasteiger partial charge in [-0.3, -0.25) is 0 Å². The topological polar surface area (TPSA) is 12.0 Å². The molecule has 1 unspecified atom stereocenters. The van der Waals surface area contributed by atoms with Gasteiger partial charge in [0.25, 0.3) is 0 Å². The van der Waals surface area contributed by atoms with Gasteiger partial charge in [-0.1, -0.05) is 38.0 Å². The summed E-state index contributed by atoms with van der Waals surface area (Å²) in [5.41, 5.74) is 2.91. The van der Waals surface area contributed by atoms with Gasteiger partial charge in [0.15, 0.2) is 0 Å². The number of halogens is 1. The highest BCUT2D eigenvalue weighted by Gasteiger charge is 2.23. The van der Waals surface area contributed by atoms with Crippen LogP contribution in [0.25, 0.3) is 0 Å². The van der Waals surface area contributed by atoms with Gasteiger partial charge in [0.2, 0.25) is 0 Å². The van der Waals surface area contributed by atoms with Gasteiger partial charge in [0, 0.05) is 9.61 Å². The van der Waals surface area contributed by atoms with Crippen molar-refractivity contribution in [1.82, 2.24) is 5.32 Å². The summed E-state index contributed by atoms with van der Waals surface area (Å²) in [6.45, 7) is 5.58. The van der Waals surface area contributed by atoms with Crippen molar-refractivity contribution in [3.05, 3.63) is 32.9 Å². The Morgan fingerprint density at radius 2 is 2.17 bits per heavy atom. The summed E-state index contributed by atoms with van der Waals surface area (Å²) in [5.74, 6) is 1.03. The maximum Gasteiger partial charge on any atom is 0.0330 e. The zero-order valence-electron chi connectivity index (χ0n) is 11.5. The molecule has 0 heterocycles. The van der Waals surface area contributed by atoms with Crippen molar-refractivity contribution in [3.8, 4) is 0 Å². The Morgan fingerprint density at radius 1 is 1.39 bits per heavy atom. The van der Waals surface area contributed by atoms with Crippen LogP contribution in [0.3, 0.4) is 0 Å². The van der Waals surface area contributed by atoms with E-state index in [1.54, 1.807) is 0 Å². The smallest absolute Gasteiger partial charge is 0.0330 e. The molecule has 1 fully saturated rings. The largest absolute Gasteiger partial charge is 0.310 e. The molecule has 0 aromatic heterocycles. The van der Waals surface area contributed by atoms with Gasteiger partial charge in [-0.05, 0) is 72.4 Å². The number of hydrogen-bond donors (Lipinski definition) is 1. The van der Waals surface area contributed by atoms with Gasteiger partial charge in [-0.2, -0.15) is 0 Å². The second-order valence-electron chi connectivity index (χ2n) is 5.51. The minimum atomic E-state index is 0.553. The summed E-state index contributed by atoms with van der Waals surface area (Å²) in [6.07, 6.45) is 6.83. The number of aryl methyl sites for hydroxylation is 1. The molecule has 0 saturated heterocycles. The van der Waals surface area contributed by atoms with Crippen molar-refractivity contribution < 1.29 is 0 Å². The Balaban J connectivity index is 2.06. The van der Waals surface area contributed by atoms with E-state index in [4.69, 9.17) is 0 Å². The first-order chi connectivity index (χ1) is 8.72. The molecule has 18 heavy (non-hydrogen) atoms. The molecule has 1 nitrogen and oxygen atoms in total. The molecule has 1 N–H and O–H groups in total. The molecular weight excluding hydrogens is 333 g/mol. The Morgan fingerprint density at radius 3 is 2.83 bits per heavy atom. The van der Waals surface area contributed by atoms with Gasteiger partial charge in [0.1, 0.15) is 0 Å². The normalized spacial score (nSPS) is 16.8. The molecule has 0 radical (unpaired) electrons. The molecule has 2 heteroatoms. The first-order valence-corrected chi connectivity index (χ1v) is 8.28. The average molecular weight is 357 g/mol. The Kier molecular flexibility index (Phi) is 5.49. The first-order valence-electron chi connectivity index (χ1n) is 7.20. The molecule has 1 aromatic carbocycles. The summed E-state index contributed by atoms with van der Waals surface area (Å²) in [6, 6.07) is 7.26. The van der Waals surface area contributed by atoms with E-state index in [2.05, 4.69) is 60.0 Å². The Labute approximate surface area is 125 Å². The number of benzene rings is 1. The summed E-state index contributed by atoms with van der Waals surface area (Å²) in [5, 5.41) is 3.73. The van der Waals surface area contributed by atoms with Crippen LogP contribution in [0.15, 0.2) is 18.2 Å². The van der Waals surface area contributed by atoms with E-state index in [9.17, 15) is 0 Å². The fourth-order valence-electron chi connectivity index (χ4n) is 2.43. The van der Waals surface area contributed by atoms with Gasteiger partial charge >= 0.3 is 0 Å². The average Bonchev–Trinajstić information content (AvgIpc) is 3.18. The zero-order chi connectivity index (χ0) is 13.0.